The third kappa shape index (κ3) is 8.03. The molecule has 2 N–H and O–H groups in total. The number of carbonyl (C=O) groups is 2. The number of hydrogen-bond donors (Lipinski definition) is 2. The van der Waals surface area contributed by atoms with Gasteiger partial charge in [0, 0.05) is 38.8 Å². The highest BCUT2D eigenvalue weighted by Crippen LogP contribution is 2.27. The van der Waals surface area contributed by atoms with Gasteiger partial charge in [0.15, 0.2) is 0 Å². The summed E-state index contributed by atoms with van der Waals surface area (Å²) in [5, 5.41) is 14.8. The van der Waals surface area contributed by atoms with Crippen molar-refractivity contribution >= 4 is 11.9 Å². The van der Waals surface area contributed by atoms with Gasteiger partial charge >= 0.3 is 11.9 Å². The fourth-order valence-corrected chi connectivity index (χ4v) is 4.01. The van der Waals surface area contributed by atoms with E-state index in [0.717, 1.165) is 30.9 Å². The van der Waals surface area contributed by atoms with Crippen molar-refractivity contribution in [2.45, 2.75) is 52.1 Å². The number of rotatable bonds is 5. The summed E-state index contributed by atoms with van der Waals surface area (Å²) in [6, 6.07) is 9.47. The summed E-state index contributed by atoms with van der Waals surface area (Å²) in [7, 11) is 0. The lowest BCUT2D eigenvalue weighted by Crippen LogP contribution is -2.50. The predicted molar refractivity (Wildman–Crippen MR) is 111 cm³/mol. The minimum atomic E-state index is -1.82. The SMILES string of the molecule is CCOc1ccc(CN2CCN(C3CCC(C)CC3)CC2)cc1.O=C(O)C(=O)O. The Hall–Kier alpha value is -2.12. The summed E-state index contributed by atoms with van der Waals surface area (Å²) in [6.07, 6.45) is 5.69. The Morgan fingerprint density at radius 3 is 2.00 bits per heavy atom. The molecule has 1 aromatic rings. The number of hydrogen-bond acceptors (Lipinski definition) is 5. The molecule has 2 aliphatic rings. The smallest absolute Gasteiger partial charge is 0.414 e. The molecule has 1 aliphatic carbocycles. The van der Waals surface area contributed by atoms with Crippen LogP contribution in [0.4, 0.5) is 0 Å². The van der Waals surface area contributed by atoms with Crippen LogP contribution in [0, 0.1) is 5.92 Å². The molecule has 3 rings (SSSR count). The normalized spacial score (nSPS) is 23.0. The molecule has 1 aliphatic heterocycles. The minimum absolute atomic E-state index is 0.737. The highest BCUT2D eigenvalue weighted by Gasteiger charge is 2.26. The first-order valence-electron chi connectivity index (χ1n) is 10.5. The maximum Gasteiger partial charge on any atom is 0.414 e. The van der Waals surface area contributed by atoms with Crippen LogP contribution in [0.15, 0.2) is 24.3 Å². The maximum atomic E-state index is 9.10. The van der Waals surface area contributed by atoms with Crippen molar-refractivity contribution in [2.75, 3.05) is 32.8 Å². The standard InChI is InChI=1S/C20H32N2O.C2H2O4/c1-3-23-20-10-6-18(7-11-20)16-21-12-14-22(15-13-21)19-8-4-17(2)5-9-19;3-1(4)2(5)6/h6-7,10-11,17,19H,3-5,8-9,12-16H2,1-2H3;(H,3,4)(H,5,6). The van der Waals surface area contributed by atoms with Gasteiger partial charge in [0.25, 0.3) is 0 Å². The number of ether oxygens (including phenoxy) is 1. The average Bonchev–Trinajstić information content (AvgIpc) is 2.71. The summed E-state index contributed by atoms with van der Waals surface area (Å²) < 4.78 is 5.52. The molecule has 7 heteroatoms. The van der Waals surface area contributed by atoms with E-state index in [1.54, 1.807) is 0 Å². The van der Waals surface area contributed by atoms with E-state index in [-0.39, 0.29) is 0 Å². The molecular formula is C22H34N2O5. The van der Waals surface area contributed by atoms with Crippen LogP contribution in [-0.4, -0.2) is 70.8 Å². The summed E-state index contributed by atoms with van der Waals surface area (Å²) >= 11 is 0. The van der Waals surface area contributed by atoms with Gasteiger partial charge < -0.3 is 14.9 Å². The Morgan fingerprint density at radius 1 is 0.966 bits per heavy atom. The Labute approximate surface area is 173 Å². The maximum absolute atomic E-state index is 9.10. The Balaban J connectivity index is 0.000000438. The largest absolute Gasteiger partial charge is 0.494 e. The van der Waals surface area contributed by atoms with Gasteiger partial charge in [0.2, 0.25) is 0 Å². The van der Waals surface area contributed by atoms with Gasteiger partial charge in [-0.2, -0.15) is 0 Å². The third-order valence-electron chi connectivity index (χ3n) is 5.73. The zero-order valence-corrected chi connectivity index (χ0v) is 17.5. The van der Waals surface area contributed by atoms with Crippen molar-refractivity contribution in [2.24, 2.45) is 5.92 Å². The van der Waals surface area contributed by atoms with Gasteiger partial charge in [-0.05, 0) is 56.2 Å². The summed E-state index contributed by atoms with van der Waals surface area (Å²) in [6.45, 7) is 11.2. The molecule has 0 radical (unpaired) electrons. The van der Waals surface area contributed by atoms with Crippen LogP contribution >= 0.6 is 0 Å². The van der Waals surface area contributed by atoms with Gasteiger partial charge in [-0.1, -0.05) is 19.1 Å². The van der Waals surface area contributed by atoms with E-state index in [1.165, 1.54) is 57.4 Å². The second-order valence-corrected chi connectivity index (χ2v) is 7.91. The van der Waals surface area contributed by atoms with Crippen molar-refractivity contribution in [1.82, 2.24) is 9.80 Å². The molecule has 0 amide bonds. The molecule has 1 saturated carbocycles. The number of carboxylic acids is 2. The summed E-state index contributed by atoms with van der Waals surface area (Å²) in [4.78, 5) is 23.5. The first kappa shape index (κ1) is 23.2. The Bertz CT molecular complexity index is 621. The molecule has 0 aromatic heterocycles. The van der Waals surface area contributed by atoms with Gasteiger partial charge in [0.1, 0.15) is 5.75 Å². The van der Waals surface area contributed by atoms with Crippen LogP contribution in [0.2, 0.25) is 0 Å². The average molecular weight is 407 g/mol. The van der Waals surface area contributed by atoms with Gasteiger partial charge in [-0.15, -0.1) is 0 Å². The number of nitrogens with zero attached hydrogens (tertiary/aromatic N) is 2. The number of aliphatic carboxylic acids is 2. The molecule has 2 fully saturated rings. The molecule has 7 nitrogen and oxygen atoms in total. The molecule has 0 spiro atoms. The molecule has 1 aromatic carbocycles. The second-order valence-electron chi connectivity index (χ2n) is 7.91. The van der Waals surface area contributed by atoms with Crippen molar-refractivity contribution < 1.29 is 24.5 Å². The van der Waals surface area contributed by atoms with E-state index in [2.05, 4.69) is 41.0 Å². The molecular weight excluding hydrogens is 372 g/mol. The van der Waals surface area contributed by atoms with E-state index in [1.807, 2.05) is 6.92 Å². The van der Waals surface area contributed by atoms with Crippen molar-refractivity contribution in [3.05, 3.63) is 29.8 Å². The zero-order valence-electron chi connectivity index (χ0n) is 17.5. The van der Waals surface area contributed by atoms with Crippen LogP contribution in [0.1, 0.15) is 45.1 Å². The summed E-state index contributed by atoms with van der Waals surface area (Å²) in [5.41, 5.74) is 1.40. The lowest BCUT2D eigenvalue weighted by Gasteiger charge is -2.41. The lowest BCUT2D eigenvalue weighted by molar-refractivity contribution is -0.159. The van der Waals surface area contributed by atoms with Crippen LogP contribution < -0.4 is 4.74 Å². The first-order valence-corrected chi connectivity index (χ1v) is 10.5. The lowest BCUT2D eigenvalue weighted by atomic mass is 9.86. The minimum Gasteiger partial charge on any atom is -0.494 e. The van der Waals surface area contributed by atoms with Gasteiger partial charge in [-0.25, -0.2) is 9.59 Å². The van der Waals surface area contributed by atoms with Gasteiger partial charge in [-0.3, -0.25) is 9.80 Å². The van der Waals surface area contributed by atoms with Crippen molar-refractivity contribution in [3.63, 3.8) is 0 Å². The monoisotopic (exact) mass is 406 g/mol. The van der Waals surface area contributed by atoms with Crippen molar-refractivity contribution in [3.8, 4) is 5.75 Å². The van der Waals surface area contributed by atoms with E-state index in [0.29, 0.717) is 0 Å². The fourth-order valence-electron chi connectivity index (χ4n) is 4.01. The highest BCUT2D eigenvalue weighted by molar-refractivity contribution is 6.27. The molecule has 0 bridgehead atoms. The number of piperazine rings is 1. The second kappa shape index (κ2) is 11.8. The number of benzene rings is 1. The summed E-state index contributed by atoms with van der Waals surface area (Å²) in [5.74, 6) is -1.72. The quantitative estimate of drug-likeness (QED) is 0.727. The molecule has 1 saturated heterocycles. The Morgan fingerprint density at radius 2 is 1.52 bits per heavy atom. The van der Waals surface area contributed by atoms with E-state index in [4.69, 9.17) is 24.5 Å². The fraction of sp³-hybridized carbons (Fsp3) is 0.636. The molecule has 0 atom stereocenters. The highest BCUT2D eigenvalue weighted by atomic mass is 16.5. The predicted octanol–water partition coefficient (Wildman–Crippen LogP) is 2.94. The molecule has 0 unspecified atom stereocenters. The van der Waals surface area contributed by atoms with Crippen LogP contribution in [-0.2, 0) is 16.1 Å². The zero-order chi connectivity index (χ0) is 21.2. The first-order chi connectivity index (χ1) is 13.9. The van der Waals surface area contributed by atoms with Crippen molar-refractivity contribution in [1.29, 1.82) is 0 Å². The molecule has 29 heavy (non-hydrogen) atoms. The topological polar surface area (TPSA) is 90.3 Å². The van der Waals surface area contributed by atoms with Crippen LogP contribution in [0.25, 0.3) is 0 Å². The van der Waals surface area contributed by atoms with Crippen LogP contribution in [0.3, 0.4) is 0 Å². The Kier molecular flexibility index (Phi) is 9.41. The molecule has 162 valence electrons. The van der Waals surface area contributed by atoms with E-state index >= 15 is 0 Å². The van der Waals surface area contributed by atoms with Crippen LogP contribution in [0.5, 0.6) is 5.75 Å². The van der Waals surface area contributed by atoms with Gasteiger partial charge in [0.05, 0.1) is 6.61 Å². The van der Waals surface area contributed by atoms with E-state index < -0.39 is 11.9 Å². The third-order valence-corrected chi connectivity index (χ3v) is 5.73. The number of carboxylic acid groups (broad SMARTS) is 2. The molecule has 1 heterocycles. The van der Waals surface area contributed by atoms with E-state index in [9.17, 15) is 0 Å².